The second kappa shape index (κ2) is 8.00. The van der Waals surface area contributed by atoms with Crippen LogP contribution in [0.15, 0.2) is 23.4 Å². The highest BCUT2D eigenvalue weighted by Crippen LogP contribution is 2.42. The molecule has 1 unspecified atom stereocenters. The van der Waals surface area contributed by atoms with Crippen LogP contribution in [0.5, 0.6) is 0 Å². The molecule has 1 atom stereocenters. The third-order valence-electron chi connectivity index (χ3n) is 6.05. The van der Waals surface area contributed by atoms with Gasteiger partial charge in [-0.05, 0) is 37.0 Å². The molecule has 11 heteroatoms. The summed E-state index contributed by atoms with van der Waals surface area (Å²) >= 11 is 12.2. The van der Waals surface area contributed by atoms with E-state index in [-0.39, 0.29) is 24.8 Å². The van der Waals surface area contributed by atoms with Gasteiger partial charge in [0.05, 0.1) is 22.6 Å². The van der Waals surface area contributed by atoms with Crippen molar-refractivity contribution in [2.45, 2.75) is 36.5 Å². The molecule has 3 heterocycles. The highest BCUT2D eigenvalue weighted by atomic mass is 35.5. The average molecular weight is 496 g/mol. The van der Waals surface area contributed by atoms with Gasteiger partial charge in [0.15, 0.2) is 0 Å². The number of nitrogen functional groups attached to an aromatic ring is 1. The van der Waals surface area contributed by atoms with Gasteiger partial charge in [-0.2, -0.15) is 0 Å². The Morgan fingerprint density at radius 2 is 2.19 bits per heavy atom. The zero-order valence-electron chi connectivity index (χ0n) is 16.9. The van der Waals surface area contributed by atoms with Crippen LogP contribution in [0.25, 0.3) is 10.2 Å². The SMILES string of the molecule is Nc1cc(Cl)c(Nc2ncnc3sc4c(c23)CCC(C(=O)N2CCC(F)(F)C2)C4)cc1S. The maximum atomic E-state index is 13.6. The lowest BCUT2D eigenvalue weighted by Gasteiger charge is -2.26. The predicted octanol–water partition coefficient (Wildman–Crippen LogP) is 4.93. The van der Waals surface area contributed by atoms with Crippen LogP contribution in [0.2, 0.25) is 5.02 Å². The number of carbonyl (C=O) groups is 1. The third kappa shape index (κ3) is 3.88. The molecule has 2 aromatic heterocycles. The molecule has 3 aromatic rings. The third-order valence-corrected chi connectivity index (χ3v) is 7.91. The Bertz CT molecular complexity index is 1230. The molecule has 0 bridgehead atoms. The first-order valence-corrected chi connectivity index (χ1v) is 11.8. The van der Waals surface area contributed by atoms with E-state index < -0.39 is 12.5 Å². The molecule has 168 valence electrons. The Morgan fingerprint density at radius 1 is 1.38 bits per heavy atom. The second-order valence-corrected chi connectivity index (χ2v) is 10.2. The number of amides is 1. The van der Waals surface area contributed by atoms with Gasteiger partial charge in [0.2, 0.25) is 5.91 Å². The highest BCUT2D eigenvalue weighted by Gasteiger charge is 2.42. The Kier molecular flexibility index (Phi) is 5.42. The lowest BCUT2D eigenvalue weighted by Crippen LogP contribution is -2.38. The minimum atomic E-state index is -2.78. The van der Waals surface area contributed by atoms with E-state index in [0.29, 0.717) is 46.4 Å². The zero-order valence-corrected chi connectivity index (χ0v) is 19.3. The van der Waals surface area contributed by atoms with Crippen LogP contribution in [0, 0.1) is 5.92 Å². The molecule has 32 heavy (non-hydrogen) atoms. The van der Waals surface area contributed by atoms with E-state index >= 15 is 0 Å². The number of thiophene rings is 1. The number of anilines is 3. The van der Waals surface area contributed by atoms with E-state index in [0.717, 1.165) is 20.7 Å². The number of fused-ring (bicyclic) bond motifs is 3. The number of nitrogens with two attached hydrogens (primary N) is 1. The number of alkyl halides is 2. The molecular weight excluding hydrogens is 476 g/mol. The van der Waals surface area contributed by atoms with Crippen molar-refractivity contribution < 1.29 is 13.6 Å². The number of thiol groups is 1. The molecule has 5 rings (SSSR count). The van der Waals surface area contributed by atoms with Crippen LogP contribution in [0.4, 0.5) is 26.0 Å². The molecular formula is C21H20ClF2N5OS2. The summed E-state index contributed by atoms with van der Waals surface area (Å²) in [4.78, 5) is 25.5. The topological polar surface area (TPSA) is 84.1 Å². The van der Waals surface area contributed by atoms with Crippen molar-refractivity contribution in [2.75, 3.05) is 24.1 Å². The summed E-state index contributed by atoms with van der Waals surface area (Å²) in [5.74, 6) is -2.62. The van der Waals surface area contributed by atoms with Gasteiger partial charge in [0, 0.05) is 34.3 Å². The number of carbonyl (C=O) groups excluding carboxylic acids is 1. The Labute approximate surface area is 197 Å². The molecule has 1 aliphatic carbocycles. The number of hydrogen-bond donors (Lipinski definition) is 3. The smallest absolute Gasteiger partial charge is 0.267 e. The molecule has 1 fully saturated rings. The molecule has 1 aliphatic heterocycles. The fraction of sp³-hybridized carbons (Fsp3) is 0.381. The molecule has 0 spiro atoms. The van der Waals surface area contributed by atoms with Gasteiger partial charge in [-0.1, -0.05) is 11.6 Å². The van der Waals surface area contributed by atoms with E-state index in [9.17, 15) is 13.6 Å². The van der Waals surface area contributed by atoms with E-state index in [1.807, 2.05) is 0 Å². The average Bonchev–Trinajstić information content (AvgIpc) is 3.31. The number of aromatic nitrogens is 2. The standard InChI is InChI=1S/C21H20ClF2N5OS2/c22-12-6-13(25)15(31)7-14(12)28-18-17-11-2-1-10(5-16(11)32-19(17)27-9-26-18)20(30)29-4-3-21(23,24)8-29/h6-7,9-10,31H,1-5,8,25H2,(H,26,27,28). The predicted molar refractivity (Wildman–Crippen MR) is 125 cm³/mol. The Morgan fingerprint density at radius 3 is 2.94 bits per heavy atom. The summed E-state index contributed by atoms with van der Waals surface area (Å²) in [6.07, 6.45) is 3.02. The van der Waals surface area contributed by atoms with Crippen LogP contribution in [0.3, 0.4) is 0 Å². The molecule has 0 radical (unpaired) electrons. The summed E-state index contributed by atoms with van der Waals surface area (Å²) in [5.41, 5.74) is 8.07. The summed E-state index contributed by atoms with van der Waals surface area (Å²) in [5, 5.41) is 4.62. The number of nitrogens with zero attached hydrogens (tertiary/aromatic N) is 3. The van der Waals surface area contributed by atoms with Crippen molar-refractivity contribution in [1.29, 1.82) is 0 Å². The molecule has 1 saturated heterocycles. The van der Waals surface area contributed by atoms with Gasteiger partial charge in [0.25, 0.3) is 5.92 Å². The fourth-order valence-corrected chi connectivity index (χ4v) is 6.08. The summed E-state index contributed by atoms with van der Waals surface area (Å²) in [7, 11) is 0. The number of nitrogens with one attached hydrogen (secondary N) is 1. The van der Waals surface area contributed by atoms with Crippen LogP contribution in [0.1, 0.15) is 23.3 Å². The number of likely N-dealkylation sites (tertiary alicyclic amines) is 1. The monoisotopic (exact) mass is 495 g/mol. The first-order valence-electron chi connectivity index (χ1n) is 10.2. The van der Waals surface area contributed by atoms with Gasteiger partial charge in [-0.15, -0.1) is 24.0 Å². The quantitative estimate of drug-likeness (QED) is 0.354. The minimum Gasteiger partial charge on any atom is -0.398 e. The summed E-state index contributed by atoms with van der Waals surface area (Å²) in [6, 6.07) is 3.37. The van der Waals surface area contributed by atoms with E-state index in [4.69, 9.17) is 17.3 Å². The molecule has 6 nitrogen and oxygen atoms in total. The lowest BCUT2D eigenvalue weighted by atomic mass is 9.87. The number of halogens is 3. The van der Waals surface area contributed by atoms with Crippen LogP contribution in [-0.4, -0.2) is 39.8 Å². The molecule has 2 aliphatic rings. The summed E-state index contributed by atoms with van der Waals surface area (Å²) < 4.78 is 27.1. The number of hydrogen-bond acceptors (Lipinski definition) is 7. The van der Waals surface area contributed by atoms with Crippen molar-refractivity contribution in [1.82, 2.24) is 14.9 Å². The molecule has 1 aromatic carbocycles. The second-order valence-electron chi connectivity index (χ2n) is 8.23. The van der Waals surface area contributed by atoms with Gasteiger partial charge in [-0.3, -0.25) is 4.79 Å². The number of aryl methyl sites for hydroxylation is 1. The van der Waals surface area contributed by atoms with Crippen LogP contribution < -0.4 is 11.1 Å². The van der Waals surface area contributed by atoms with Crippen molar-refractivity contribution in [3.8, 4) is 0 Å². The van der Waals surface area contributed by atoms with Gasteiger partial charge >= 0.3 is 0 Å². The maximum Gasteiger partial charge on any atom is 0.267 e. The number of rotatable bonds is 3. The van der Waals surface area contributed by atoms with Crippen LogP contribution in [-0.2, 0) is 17.6 Å². The van der Waals surface area contributed by atoms with Crippen molar-refractivity contribution in [3.63, 3.8) is 0 Å². The van der Waals surface area contributed by atoms with Gasteiger partial charge < -0.3 is 16.0 Å². The molecule has 3 N–H and O–H groups in total. The highest BCUT2D eigenvalue weighted by molar-refractivity contribution is 7.80. The van der Waals surface area contributed by atoms with E-state index in [1.165, 1.54) is 22.6 Å². The van der Waals surface area contributed by atoms with Gasteiger partial charge in [0.1, 0.15) is 17.0 Å². The molecule has 1 amide bonds. The van der Waals surface area contributed by atoms with E-state index in [2.05, 4.69) is 27.9 Å². The Balaban J connectivity index is 1.43. The van der Waals surface area contributed by atoms with Crippen LogP contribution >= 0.6 is 35.6 Å². The van der Waals surface area contributed by atoms with E-state index in [1.54, 1.807) is 12.1 Å². The normalized spacial score (nSPS) is 19.9. The van der Waals surface area contributed by atoms with Crippen molar-refractivity contribution in [3.05, 3.63) is 33.9 Å². The fourth-order valence-electron chi connectivity index (χ4n) is 4.40. The first kappa shape index (κ1) is 21.7. The largest absolute Gasteiger partial charge is 0.398 e. The lowest BCUT2D eigenvalue weighted by molar-refractivity contribution is -0.136. The Hall–Kier alpha value is -2.17. The zero-order chi connectivity index (χ0) is 22.6. The van der Waals surface area contributed by atoms with Gasteiger partial charge in [-0.25, -0.2) is 18.7 Å². The number of benzene rings is 1. The first-order chi connectivity index (χ1) is 15.2. The van der Waals surface area contributed by atoms with Crippen molar-refractivity contribution >= 4 is 68.9 Å². The van der Waals surface area contributed by atoms with Crippen molar-refractivity contribution in [2.24, 2.45) is 5.92 Å². The summed E-state index contributed by atoms with van der Waals surface area (Å²) in [6.45, 7) is -0.354. The maximum absolute atomic E-state index is 13.6. The minimum absolute atomic E-state index is 0.122. The molecule has 0 saturated carbocycles.